The van der Waals surface area contributed by atoms with Crippen LogP contribution in [0.25, 0.3) is 18.2 Å². The first-order valence-corrected chi connectivity index (χ1v) is 17.4. The molecule has 2 atom stereocenters. The van der Waals surface area contributed by atoms with Gasteiger partial charge in [0.15, 0.2) is 0 Å². The van der Waals surface area contributed by atoms with Gasteiger partial charge in [0.25, 0.3) is 0 Å². The monoisotopic (exact) mass is 734 g/mol. The van der Waals surface area contributed by atoms with Gasteiger partial charge in [-0.15, -0.1) is 0 Å². The van der Waals surface area contributed by atoms with Crippen molar-refractivity contribution in [1.82, 2.24) is 9.97 Å². The van der Waals surface area contributed by atoms with Gasteiger partial charge in [-0.2, -0.15) is 0 Å². The molecule has 0 aromatic carbocycles. The van der Waals surface area contributed by atoms with Crippen LogP contribution in [0, 0.1) is 25.2 Å². The van der Waals surface area contributed by atoms with Crippen LogP contribution in [0.4, 0.5) is 0 Å². The van der Waals surface area contributed by atoms with Crippen molar-refractivity contribution in [3.8, 4) is 0 Å². The average Bonchev–Trinajstić information content (AvgIpc) is 3.70. The van der Waals surface area contributed by atoms with E-state index in [4.69, 9.17) is 24.9 Å². The summed E-state index contributed by atoms with van der Waals surface area (Å²) in [5, 5.41) is 11.0. The standard InChI is InChI=1S/C42H46N4O8/c1-10-25-22(3)21(2)17-35-29-14-11-28(40(50)53-8)39(41(51)54-9)42(29,6)36(46-35)20-32-24(5)26(12-15-37(47)48)33(45-32)19-34-27(13-16-38(49)52-7)23(4)31(44-34)18-30(25)43/h10-11,14,17-20,39,44-45H,1-2,12-13,15-16,43H2,3-9H3,(H,47,48)/b25-22?,30-18?,32-20?,33-19-,35-17-/t39?,42-/m1/s1. The highest BCUT2D eigenvalue weighted by Crippen LogP contribution is 2.52. The molecule has 12 heteroatoms. The van der Waals surface area contributed by atoms with Gasteiger partial charge < -0.3 is 35.0 Å². The molecule has 54 heavy (non-hydrogen) atoms. The maximum absolute atomic E-state index is 13.7. The van der Waals surface area contributed by atoms with Crippen LogP contribution in [0.15, 0.2) is 81.7 Å². The van der Waals surface area contributed by atoms with E-state index in [2.05, 4.69) is 23.1 Å². The van der Waals surface area contributed by atoms with E-state index in [0.29, 0.717) is 56.6 Å². The fourth-order valence-electron chi connectivity index (χ4n) is 7.48. The van der Waals surface area contributed by atoms with Gasteiger partial charge in [-0.3, -0.25) is 19.4 Å². The van der Waals surface area contributed by atoms with Gasteiger partial charge in [-0.05, 0) is 104 Å². The third kappa shape index (κ3) is 6.99. The first kappa shape index (κ1) is 39.0. The Kier molecular flexibility index (Phi) is 11.2. The quantitative estimate of drug-likeness (QED) is 0.216. The number of hydrogen-bond donors (Lipinski definition) is 4. The predicted octanol–water partition coefficient (Wildman–Crippen LogP) is 4.24. The number of methoxy groups -OCH3 is 3. The Morgan fingerprint density at radius 1 is 0.907 bits per heavy atom. The Bertz CT molecular complexity index is 2320. The number of ether oxygens (including phenoxy) is 3. The number of aromatic amines is 2. The number of rotatable bonds is 9. The topological polar surface area (TPSA) is 186 Å². The number of carbonyl (C=O) groups is 4. The minimum absolute atomic E-state index is 0.110. The second-order valence-corrected chi connectivity index (χ2v) is 13.6. The van der Waals surface area contributed by atoms with E-state index in [1.165, 1.54) is 21.3 Å². The number of esters is 3. The molecule has 1 unspecified atom stereocenters. The lowest BCUT2D eigenvalue weighted by molar-refractivity contribution is -0.149. The van der Waals surface area contributed by atoms with Crippen LogP contribution >= 0.6 is 0 Å². The Morgan fingerprint density at radius 2 is 1.61 bits per heavy atom. The van der Waals surface area contributed by atoms with E-state index in [9.17, 15) is 24.3 Å². The number of H-pyrrole nitrogens is 2. The number of aliphatic imine (C=N–C) groups is 1. The SMILES string of the molecule is C=CC1=C(C)C(=C)/C=C2\N=C(C=c3[nH]/c(c(CCC(=O)O)c3C)=C\c3[nH]c(c(C)c3CCC(=O)OC)C=C1N)[C@@]1(C)C2=CC=C(C(=O)OC)C1C(=O)OC. The van der Waals surface area contributed by atoms with Gasteiger partial charge in [0.05, 0.1) is 43.7 Å². The molecule has 6 bridgehead atoms. The lowest BCUT2D eigenvalue weighted by Gasteiger charge is -2.37. The molecule has 5 rings (SSSR count). The second-order valence-electron chi connectivity index (χ2n) is 13.6. The van der Waals surface area contributed by atoms with Crippen molar-refractivity contribution < 1.29 is 38.5 Å². The summed E-state index contributed by atoms with van der Waals surface area (Å²) in [6.07, 6.45) is 12.9. The fraction of sp³-hybridized carbons (Fsp3) is 0.310. The number of hydrogen-bond acceptors (Lipinski definition) is 9. The third-order valence-electron chi connectivity index (χ3n) is 10.7. The average molecular weight is 735 g/mol. The maximum atomic E-state index is 13.7. The molecule has 282 valence electrons. The number of allylic oxidation sites excluding steroid dienone is 7. The van der Waals surface area contributed by atoms with E-state index in [0.717, 1.165) is 33.5 Å². The normalized spacial score (nSPS) is 21.0. The molecule has 3 aliphatic rings. The summed E-state index contributed by atoms with van der Waals surface area (Å²) in [6, 6.07) is 0. The van der Waals surface area contributed by atoms with Crippen molar-refractivity contribution in [2.24, 2.45) is 22.1 Å². The molecule has 5 N–H and O–H groups in total. The van der Waals surface area contributed by atoms with Crippen molar-refractivity contribution in [2.75, 3.05) is 21.3 Å². The number of aliphatic carboxylic acids is 1. The molecule has 0 spiro atoms. The van der Waals surface area contributed by atoms with Gasteiger partial charge in [0, 0.05) is 46.2 Å². The highest BCUT2D eigenvalue weighted by molar-refractivity contribution is 6.20. The number of nitrogens with two attached hydrogens (primary N) is 1. The minimum atomic E-state index is -1.21. The van der Waals surface area contributed by atoms with Crippen LogP contribution in [0.1, 0.15) is 60.3 Å². The molecule has 12 nitrogen and oxygen atoms in total. The van der Waals surface area contributed by atoms with E-state index in [1.807, 2.05) is 52.0 Å². The highest BCUT2D eigenvalue weighted by Gasteiger charge is 2.54. The van der Waals surface area contributed by atoms with E-state index >= 15 is 0 Å². The lowest BCUT2D eigenvalue weighted by Crippen LogP contribution is -2.44. The largest absolute Gasteiger partial charge is 0.481 e. The number of aromatic nitrogens is 2. The molecular weight excluding hydrogens is 688 g/mol. The van der Waals surface area contributed by atoms with Crippen molar-refractivity contribution >= 4 is 47.8 Å². The zero-order valence-electron chi connectivity index (χ0n) is 31.7. The van der Waals surface area contributed by atoms with E-state index in [-0.39, 0.29) is 30.8 Å². The van der Waals surface area contributed by atoms with Crippen molar-refractivity contribution in [3.05, 3.63) is 121 Å². The maximum Gasteiger partial charge on any atom is 0.334 e. The first-order valence-electron chi connectivity index (χ1n) is 17.4. The summed E-state index contributed by atoms with van der Waals surface area (Å²) in [4.78, 5) is 63.0. The number of carboxylic acid groups (broad SMARTS) is 1. The minimum Gasteiger partial charge on any atom is -0.481 e. The van der Waals surface area contributed by atoms with Crippen LogP contribution in [0.2, 0.25) is 0 Å². The van der Waals surface area contributed by atoms with Crippen molar-refractivity contribution in [2.45, 2.75) is 53.4 Å². The van der Waals surface area contributed by atoms with Crippen molar-refractivity contribution in [1.29, 1.82) is 0 Å². The Hall–Kier alpha value is -6.17. The zero-order valence-corrected chi connectivity index (χ0v) is 31.7. The molecule has 1 aliphatic carbocycles. The second kappa shape index (κ2) is 15.4. The summed E-state index contributed by atoms with van der Waals surface area (Å²) >= 11 is 0. The molecule has 2 aromatic rings. The van der Waals surface area contributed by atoms with Crippen LogP contribution in [-0.4, -0.2) is 66.0 Å². The van der Waals surface area contributed by atoms with E-state index < -0.39 is 29.2 Å². The van der Waals surface area contributed by atoms with Crippen LogP contribution in [0.3, 0.4) is 0 Å². The van der Waals surface area contributed by atoms with Crippen molar-refractivity contribution in [3.63, 3.8) is 0 Å². The summed E-state index contributed by atoms with van der Waals surface area (Å²) < 4.78 is 15.3. The molecular formula is C42H46N4O8. The van der Waals surface area contributed by atoms with Crippen LogP contribution in [0.5, 0.6) is 0 Å². The molecule has 2 aliphatic heterocycles. The Balaban J connectivity index is 1.92. The first-order chi connectivity index (χ1) is 25.6. The van der Waals surface area contributed by atoms with Gasteiger partial charge in [-0.1, -0.05) is 31.4 Å². The number of carboxylic acids is 1. The molecule has 2 aromatic heterocycles. The summed E-state index contributed by atoms with van der Waals surface area (Å²) in [7, 11) is 3.86. The summed E-state index contributed by atoms with van der Waals surface area (Å²) in [5.74, 6) is -3.77. The van der Waals surface area contributed by atoms with Gasteiger partial charge in [0.2, 0.25) is 0 Å². The number of nitrogens with zero attached hydrogens (tertiary/aromatic N) is 1. The fourth-order valence-corrected chi connectivity index (χ4v) is 7.48. The zero-order chi connectivity index (χ0) is 39.6. The number of fused-ring (bicyclic) bond motifs is 8. The molecule has 0 saturated carbocycles. The summed E-state index contributed by atoms with van der Waals surface area (Å²) in [6.45, 7) is 15.9. The Morgan fingerprint density at radius 3 is 2.24 bits per heavy atom. The lowest BCUT2D eigenvalue weighted by atomic mass is 9.63. The van der Waals surface area contributed by atoms with Gasteiger partial charge >= 0.3 is 23.9 Å². The summed E-state index contributed by atoms with van der Waals surface area (Å²) in [5.41, 5.74) is 14.3. The van der Waals surface area contributed by atoms with Crippen LogP contribution in [-0.2, 0) is 46.2 Å². The smallest absolute Gasteiger partial charge is 0.334 e. The van der Waals surface area contributed by atoms with Gasteiger partial charge in [-0.25, -0.2) is 4.79 Å². The van der Waals surface area contributed by atoms with Gasteiger partial charge in [0.1, 0.15) is 5.92 Å². The Labute approximate surface area is 313 Å². The molecule has 0 saturated heterocycles. The predicted molar refractivity (Wildman–Crippen MR) is 206 cm³/mol. The molecule has 0 fully saturated rings. The van der Waals surface area contributed by atoms with Crippen LogP contribution < -0.4 is 16.4 Å². The number of nitrogens with one attached hydrogen (secondary N) is 2. The van der Waals surface area contributed by atoms with E-state index in [1.54, 1.807) is 18.2 Å². The third-order valence-corrected chi connectivity index (χ3v) is 10.7. The molecule has 0 radical (unpaired) electrons. The number of carbonyl (C=O) groups excluding carboxylic acids is 3. The highest BCUT2D eigenvalue weighted by atomic mass is 16.5. The molecule has 0 amide bonds. The molecule has 4 heterocycles.